The topological polar surface area (TPSA) is 71.3 Å². The SMILES string of the molecule is CNC(=O)C1CCCN(Cc2nc(C(C)C)no2)C1. The number of hydrogen-bond donors (Lipinski definition) is 1. The smallest absolute Gasteiger partial charge is 0.240 e. The van der Waals surface area contributed by atoms with E-state index in [0.717, 1.165) is 31.8 Å². The molecule has 1 unspecified atom stereocenters. The van der Waals surface area contributed by atoms with E-state index in [1.54, 1.807) is 7.05 Å². The lowest BCUT2D eigenvalue weighted by atomic mass is 9.97. The third kappa shape index (κ3) is 3.53. The van der Waals surface area contributed by atoms with Gasteiger partial charge in [-0.25, -0.2) is 0 Å². The molecule has 0 radical (unpaired) electrons. The third-order valence-electron chi connectivity index (χ3n) is 3.48. The van der Waals surface area contributed by atoms with Gasteiger partial charge in [0, 0.05) is 19.5 Å². The molecule has 1 aromatic rings. The van der Waals surface area contributed by atoms with Crippen LogP contribution in [-0.2, 0) is 11.3 Å². The van der Waals surface area contributed by atoms with Gasteiger partial charge in [0.15, 0.2) is 5.82 Å². The number of likely N-dealkylation sites (tertiary alicyclic amines) is 1. The summed E-state index contributed by atoms with van der Waals surface area (Å²) in [5.74, 6) is 1.86. The van der Waals surface area contributed by atoms with Crippen molar-refractivity contribution in [2.45, 2.75) is 39.2 Å². The lowest BCUT2D eigenvalue weighted by Gasteiger charge is -2.30. The predicted molar refractivity (Wildman–Crippen MR) is 70.5 cm³/mol. The van der Waals surface area contributed by atoms with Gasteiger partial charge in [-0.2, -0.15) is 4.98 Å². The summed E-state index contributed by atoms with van der Waals surface area (Å²) in [6, 6.07) is 0. The van der Waals surface area contributed by atoms with Crippen molar-refractivity contribution >= 4 is 5.91 Å². The van der Waals surface area contributed by atoms with Gasteiger partial charge in [-0.3, -0.25) is 9.69 Å². The monoisotopic (exact) mass is 266 g/mol. The van der Waals surface area contributed by atoms with Crippen molar-refractivity contribution in [2.24, 2.45) is 5.92 Å². The summed E-state index contributed by atoms with van der Waals surface area (Å²) >= 11 is 0. The van der Waals surface area contributed by atoms with E-state index >= 15 is 0 Å². The molecule has 0 saturated carbocycles. The van der Waals surface area contributed by atoms with Crippen LogP contribution in [0.15, 0.2) is 4.52 Å². The molecule has 1 fully saturated rings. The van der Waals surface area contributed by atoms with Crippen LogP contribution in [0.5, 0.6) is 0 Å². The highest BCUT2D eigenvalue weighted by Crippen LogP contribution is 2.19. The van der Waals surface area contributed by atoms with E-state index in [0.29, 0.717) is 12.4 Å². The number of nitrogens with zero attached hydrogens (tertiary/aromatic N) is 3. The number of hydrogen-bond acceptors (Lipinski definition) is 5. The quantitative estimate of drug-likeness (QED) is 0.885. The van der Waals surface area contributed by atoms with Crippen molar-refractivity contribution in [3.05, 3.63) is 11.7 Å². The van der Waals surface area contributed by atoms with E-state index in [-0.39, 0.29) is 17.7 Å². The maximum absolute atomic E-state index is 11.7. The van der Waals surface area contributed by atoms with E-state index in [2.05, 4.69) is 20.4 Å². The zero-order valence-corrected chi connectivity index (χ0v) is 11.8. The van der Waals surface area contributed by atoms with Crippen LogP contribution in [-0.4, -0.2) is 41.1 Å². The Kier molecular flexibility index (Phi) is 4.52. The Morgan fingerprint density at radius 2 is 2.37 bits per heavy atom. The van der Waals surface area contributed by atoms with Gasteiger partial charge < -0.3 is 9.84 Å². The summed E-state index contributed by atoms with van der Waals surface area (Å²) in [5.41, 5.74) is 0. The van der Waals surface area contributed by atoms with Gasteiger partial charge in [-0.1, -0.05) is 19.0 Å². The number of piperidine rings is 1. The van der Waals surface area contributed by atoms with E-state index in [4.69, 9.17) is 4.52 Å². The van der Waals surface area contributed by atoms with Crippen LogP contribution in [0, 0.1) is 5.92 Å². The predicted octanol–water partition coefficient (Wildman–Crippen LogP) is 1.15. The molecule has 0 spiro atoms. The molecule has 1 N–H and O–H groups in total. The van der Waals surface area contributed by atoms with Crippen LogP contribution >= 0.6 is 0 Å². The lowest BCUT2D eigenvalue weighted by Crippen LogP contribution is -2.41. The second-order valence-electron chi connectivity index (χ2n) is 5.39. The van der Waals surface area contributed by atoms with Gasteiger partial charge in [0.05, 0.1) is 12.5 Å². The second-order valence-corrected chi connectivity index (χ2v) is 5.39. The minimum atomic E-state index is 0.0752. The van der Waals surface area contributed by atoms with Crippen LogP contribution in [0.25, 0.3) is 0 Å². The fraction of sp³-hybridized carbons (Fsp3) is 0.769. The van der Waals surface area contributed by atoms with Gasteiger partial charge in [-0.15, -0.1) is 0 Å². The minimum Gasteiger partial charge on any atom is -0.359 e. The van der Waals surface area contributed by atoms with Gasteiger partial charge in [0.1, 0.15) is 0 Å². The van der Waals surface area contributed by atoms with E-state index in [1.807, 2.05) is 13.8 Å². The highest BCUT2D eigenvalue weighted by molar-refractivity contribution is 5.78. The minimum absolute atomic E-state index is 0.0752. The summed E-state index contributed by atoms with van der Waals surface area (Å²) in [5, 5.41) is 6.68. The normalized spacial score (nSPS) is 20.7. The van der Waals surface area contributed by atoms with Crippen molar-refractivity contribution in [1.29, 1.82) is 0 Å². The molecular weight excluding hydrogens is 244 g/mol. The summed E-state index contributed by atoms with van der Waals surface area (Å²) in [6.45, 7) is 6.45. The van der Waals surface area contributed by atoms with Gasteiger partial charge in [-0.05, 0) is 19.4 Å². The number of amides is 1. The average Bonchev–Trinajstić information content (AvgIpc) is 2.87. The molecule has 2 heterocycles. The Bertz CT molecular complexity index is 430. The molecule has 1 aromatic heterocycles. The largest absolute Gasteiger partial charge is 0.359 e. The van der Waals surface area contributed by atoms with Crippen molar-refractivity contribution in [1.82, 2.24) is 20.4 Å². The van der Waals surface area contributed by atoms with Crippen molar-refractivity contribution in [3.8, 4) is 0 Å². The summed E-state index contributed by atoms with van der Waals surface area (Å²) in [7, 11) is 1.69. The maximum Gasteiger partial charge on any atom is 0.240 e. The van der Waals surface area contributed by atoms with Crippen molar-refractivity contribution in [2.75, 3.05) is 20.1 Å². The first-order valence-corrected chi connectivity index (χ1v) is 6.86. The van der Waals surface area contributed by atoms with E-state index in [9.17, 15) is 4.79 Å². The van der Waals surface area contributed by atoms with Crippen molar-refractivity contribution < 1.29 is 9.32 Å². The maximum atomic E-state index is 11.7. The van der Waals surface area contributed by atoms with Gasteiger partial charge in [0.25, 0.3) is 0 Å². The van der Waals surface area contributed by atoms with Crippen molar-refractivity contribution in [3.63, 3.8) is 0 Å². The first-order chi connectivity index (χ1) is 9.10. The third-order valence-corrected chi connectivity index (χ3v) is 3.48. The first kappa shape index (κ1) is 14.0. The molecule has 1 saturated heterocycles. The highest BCUT2D eigenvalue weighted by atomic mass is 16.5. The Morgan fingerprint density at radius 1 is 1.58 bits per heavy atom. The molecule has 1 atom stereocenters. The molecule has 0 aromatic carbocycles. The molecule has 2 rings (SSSR count). The molecule has 1 aliphatic rings. The van der Waals surface area contributed by atoms with Crippen LogP contribution in [0.1, 0.15) is 44.3 Å². The Balaban J connectivity index is 1.92. The van der Waals surface area contributed by atoms with E-state index in [1.165, 1.54) is 0 Å². The molecule has 0 aliphatic carbocycles. The second kappa shape index (κ2) is 6.14. The van der Waals surface area contributed by atoms with Crippen LogP contribution < -0.4 is 5.32 Å². The number of carbonyl (C=O) groups excluding carboxylic acids is 1. The standard InChI is InChI=1S/C13H22N4O2/c1-9(2)12-15-11(19-16-12)8-17-6-4-5-10(7-17)13(18)14-3/h9-10H,4-8H2,1-3H3,(H,14,18). The van der Waals surface area contributed by atoms with E-state index < -0.39 is 0 Å². The number of rotatable bonds is 4. The summed E-state index contributed by atoms with van der Waals surface area (Å²) in [4.78, 5) is 18.3. The Hall–Kier alpha value is -1.43. The number of nitrogens with one attached hydrogen (secondary N) is 1. The lowest BCUT2D eigenvalue weighted by molar-refractivity contribution is -0.126. The fourth-order valence-corrected chi connectivity index (χ4v) is 2.38. The number of carbonyl (C=O) groups is 1. The Labute approximate surface area is 113 Å². The first-order valence-electron chi connectivity index (χ1n) is 6.86. The molecule has 6 nitrogen and oxygen atoms in total. The highest BCUT2D eigenvalue weighted by Gasteiger charge is 2.26. The fourth-order valence-electron chi connectivity index (χ4n) is 2.38. The molecule has 106 valence electrons. The van der Waals surface area contributed by atoms with Gasteiger partial charge >= 0.3 is 0 Å². The number of aromatic nitrogens is 2. The zero-order valence-electron chi connectivity index (χ0n) is 11.8. The summed E-state index contributed by atoms with van der Waals surface area (Å²) in [6.07, 6.45) is 1.99. The Morgan fingerprint density at radius 3 is 3.00 bits per heavy atom. The van der Waals surface area contributed by atoms with Crippen LogP contribution in [0.3, 0.4) is 0 Å². The van der Waals surface area contributed by atoms with Crippen LogP contribution in [0.4, 0.5) is 0 Å². The molecule has 19 heavy (non-hydrogen) atoms. The molecule has 0 bridgehead atoms. The average molecular weight is 266 g/mol. The molecule has 6 heteroatoms. The molecule has 1 aliphatic heterocycles. The molecule has 1 amide bonds. The zero-order chi connectivity index (χ0) is 13.8. The summed E-state index contributed by atoms with van der Waals surface area (Å²) < 4.78 is 5.25. The van der Waals surface area contributed by atoms with Crippen LogP contribution in [0.2, 0.25) is 0 Å². The van der Waals surface area contributed by atoms with Gasteiger partial charge in [0.2, 0.25) is 11.8 Å². The molecular formula is C13H22N4O2.